The Kier molecular flexibility index (Phi) is 3.30. The Morgan fingerprint density at radius 2 is 2.35 bits per heavy atom. The summed E-state index contributed by atoms with van der Waals surface area (Å²) in [4.78, 5) is 0. The summed E-state index contributed by atoms with van der Waals surface area (Å²) in [5.74, 6) is 5.69. The smallest absolute Gasteiger partial charge is 0.214 e. The molecule has 0 aliphatic rings. The maximum Gasteiger partial charge on any atom is 0.214 e. The first kappa shape index (κ1) is 11.9. The van der Waals surface area contributed by atoms with Crippen molar-refractivity contribution in [1.82, 2.24) is 14.9 Å². The molecule has 1 heterocycles. The predicted octanol–water partition coefficient (Wildman–Crippen LogP) is 2.06. The van der Waals surface area contributed by atoms with Gasteiger partial charge in [0.2, 0.25) is 4.77 Å². The van der Waals surface area contributed by atoms with Crippen LogP contribution in [0.2, 0.25) is 5.02 Å². The van der Waals surface area contributed by atoms with E-state index in [-0.39, 0.29) is 5.02 Å². The molecule has 1 aromatic carbocycles. The van der Waals surface area contributed by atoms with E-state index in [2.05, 4.69) is 15.5 Å². The number of nitrogens with one attached hydrogen (secondary N) is 2. The van der Waals surface area contributed by atoms with Gasteiger partial charge in [-0.15, -0.1) is 0 Å². The Morgan fingerprint density at radius 1 is 1.59 bits per heavy atom. The number of hydrogen-bond acceptors (Lipinski definition) is 4. The van der Waals surface area contributed by atoms with Crippen LogP contribution in [0, 0.1) is 10.6 Å². The summed E-state index contributed by atoms with van der Waals surface area (Å²) in [7, 11) is 0. The molecule has 17 heavy (non-hydrogen) atoms. The molecule has 0 saturated heterocycles. The molecular weight excluding hydrogens is 265 g/mol. The lowest BCUT2D eigenvalue weighted by molar-refractivity contribution is 0.628. The maximum absolute atomic E-state index is 12.9. The van der Waals surface area contributed by atoms with Gasteiger partial charge in [-0.25, -0.2) is 9.07 Å². The first-order valence-corrected chi connectivity index (χ1v) is 5.47. The first-order valence-electron chi connectivity index (χ1n) is 4.68. The van der Waals surface area contributed by atoms with Gasteiger partial charge in [-0.3, -0.25) is 5.10 Å². The predicted molar refractivity (Wildman–Crippen MR) is 66.3 cm³/mol. The number of aromatic nitrogens is 3. The summed E-state index contributed by atoms with van der Waals surface area (Å²) in [6.07, 6.45) is 0. The Morgan fingerprint density at radius 3 is 2.94 bits per heavy atom. The number of anilines is 1. The molecule has 0 radical (unpaired) electrons. The highest BCUT2D eigenvalue weighted by molar-refractivity contribution is 7.71. The molecule has 0 amide bonds. The van der Waals surface area contributed by atoms with E-state index in [4.69, 9.17) is 29.7 Å². The molecule has 0 aliphatic heterocycles. The van der Waals surface area contributed by atoms with Gasteiger partial charge in [-0.1, -0.05) is 11.6 Å². The van der Waals surface area contributed by atoms with E-state index in [0.717, 1.165) is 0 Å². The number of nitrogen functional groups attached to an aromatic ring is 1. The van der Waals surface area contributed by atoms with Gasteiger partial charge in [0.25, 0.3) is 0 Å². The molecule has 0 bridgehead atoms. The largest absolute Gasteiger partial charge is 0.378 e. The van der Waals surface area contributed by atoms with Gasteiger partial charge in [-0.05, 0) is 30.4 Å². The van der Waals surface area contributed by atoms with Crippen LogP contribution in [0.4, 0.5) is 10.1 Å². The number of aromatic amines is 1. The minimum Gasteiger partial charge on any atom is -0.378 e. The summed E-state index contributed by atoms with van der Waals surface area (Å²) in [6.45, 7) is 0.353. The van der Waals surface area contributed by atoms with E-state index >= 15 is 0 Å². The lowest BCUT2D eigenvalue weighted by atomic mass is 10.3. The third-order valence-electron chi connectivity index (χ3n) is 2.15. The molecular formula is C9H9ClFN5S. The van der Waals surface area contributed by atoms with Crippen LogP contribution in [0.15, 0.2) is 18.2 Å². The van der Waals surface area contributed by atoms with Gasteiger partial charge in [0.15, 0.2) is 5.82 Å². The Labute approximate surface area is 106 Å². The summed E-state index contributed by atoms with van der Waals surface area (Å²) in [5, 5.41) is 9.54. The number of rotatable bonds is 3. The quantitative estimate of drug-likeness (QED) is 0.591. The second-order valence-electron chi connectivity index (χ2n) is 3.30. The second-order valence-corrected chi connectivity index (χ2v) is 4.09. The molecule has 0 aliphatic carbocycles. The summed E-state index contributed by atoms with van der Waals surface area (Å²) >= 11 is 10.5. The van der Waals surface area contributed by atoms with Crippen LogP contribution in [0.5, 0.6) is 0 Å². The zero-order chi connectivity index (χ0) is 12.4. The van der Waals surface area contributed by atoms with E-state index < -0.39 is 5.82 Å². The van der Waals surface area contributed by atoms with Crippen LogP contribution >= 0.6 is 23.8 Å². The Bertz CT molecular complexity index is 593. The topological polar surface area (TPSA) is 71.7 Å². The van der Waals surface area contributed by atoms with Crippen LogP contribution in [-0.2, 0) is 6.54 Å². The SMILES string of the molecule is Nn1c(CNc2ccc(F)c(Cl)c2)n[nH]c1=S. The normalized spacial score (nSPS) is 10.5. The molecule has 2 aromatic rings. The monoisotopic (exact) mass is 273 g/mol. The molecule has 90 valence electrons. The van der Waals surface area contributed by atoms with E-state index in [9.17, 15) is 4.39 Å². The van der Waals surface area contributed by atoms with Crippen molar-refractivity contribution in [2.45, 2.75) is 6.54 Å². The van der Waals surface area contributed by atoms with Crippen molar-refractivity contribution in [3.05, 3.63) is 39.6 Å². The lowest BCUT2D eigenvalue weighted by Gasteiger charge is -2.06. The molecule has 0 spiro atoms. The van der Waals surface area contributed by atoms with Crippen molar-refractivity contribution in [3.63, 3.8) is 0 Å². The number of benzene rings is 1. The van der Waals surface area contributed by atoms with Crippen molar-refractivity contribution in [2.24, 2.45) is 0 Å². The minimum absolute atomic E-state index is 0.0570. The van der Waals surface area contributed by atoms with Gasteiger partial charge >= 0.3 is 0 Å². The lowest BCUT2D eigenvalue weighted by Crippen LogP contribution is -2.15. The van der Waals surface area contributed by atoms with Crippen molar-refractivity contribution < 1.29 is 4.39 Å². The fourth-order valence-corrected chi connectivity index (χ4v) is 1.58. The highest BCUT2D eigenvalue weighted by Crippen LogP contribution is 2.19. The summed E-state index contributed by atoms with van der Waals surface area (Å²) in [6, 6.07) is 4.34. The molecule has 0 fully saturated rings. The molecule has 2 rings (SSSR count). The van der Waals surface area contributed by atoms with Gasteiger partial charge in [-0.2, -0.15) is 5.10 Å². The number of nitrogens with zero attached hydrogens (tertiary/aromatic N) is 2. The van der Waals surface area contributed by atoms with Gasteiger partial charge in [0, 0.05) is 5.69 Å². The zero-order valence-electron chi connectivity index (χ0n) is 8.58. The number of H-pyrrole nitrogens is 1. The van der Waals surface area contributed by atoms with Crippen LogP contribution in [0.3, 0.4) is 0 Å². The number of hydrogen-bond donors (Lipinski definition) is 3. The average molecular weight is 274 g/mol. The maximum atomic E-state index is 12.9. The van der Waals surface area contributed by atoms with Crippen LogP contribution in [0.25, 0.3) is 0 Å². The minimum atomic E-state index is -0.460. The third kappa shape index (κ3) is 2.56. The van der Waals surface area contributed by atoms with Crippen molar-refractivity contribution >= 4 is 29.5 Å². The zero-order valence-corrected chi connectivity index (χ0v) is 10.1. The highest BCUT2D eigenvalue weighted by atomic mass is 35.5. The molecule has 0 saturated carbocycles. The third-order valence-corrected chi connectivity index (χ3v) is 2.73. The molecule has 4 N–H and O–H groups in total. The molecule has 0 atom stereocenters. The summed E-state index contributed by atoms with van der Waals surface area (Å²) in [5.41, 5.74) is 0.672. The van der Waals surface area contributed by atoms with Crippen molar-refractivity contribution in [2.75, 3.05) is 11.2 Å². The summed E-state index contributed by atoms with van der Waals surface area (Å²) < 4.78 is 14.5. The standard InChI is InChI=1S/C9H9ClFN5S/c10-6-3-5(1-2-7(6)11)13-4-8-14-15-9(17)16(8)12/h1-3,13H,4,12H2,(H,15,17). The molecule has 8 heteroatoms. The second kappa shape index (κ2) is 4.72. The highest BCUT2D eigenvalue weighted by Gasteiger charge is 2.04. The van der Waals surface area contributed by atoms with Crippen LogP contribution in [0.1, 0.15) is 5.82 Å². The average Bonchev–Trinajstić information content (AvgIpc) is 2.62. The van der Waals surface area contributed by atoms with Gasteiger partial charge in [0.1, 0.15) is 5.82 Å². The molecule has 5 nitrogen and oxygen atoms in total. The number of halogens is 2. The fourth-order valence-electron chi connectivity index (χ4n) is 1.25. The van der Waals surface area contributed by atoms with E-state index in [1.165, 1.54) is 16.8 Å². The Hall–Kier alpha value is -1.60. The van der Waals surface area contributed by atoms with E-state index in [0.29, 0.717) is 22.8 Å². The Balaban J connectivity index is 2.10. The fraction of sp³-hybridized carbons (Fsp3) is 0.111. The van der Waals surface area contributed by atoms with Crippen molar-refractivity contribution in [1.29, 1.82) is 0 Å². The molecule has 0 unspecified atom stereocenters. The van der Waals surface area contributed by atoms with Crippen LogP contribution in [-0.4, -0.2) is 14.9 Å². The van der Waals surface area contributed by atoms with Gasteiger partial charge < -0.3 is 11.2 Å². The van der Waals surface area contributed by atoms with E-state index in [1.54, 1.807) is 6.07 Å². The van der Waals surface area contributed by atoms with E-state index in [1.807, 2.05) is 0 Å². The van der Waals surface area contributed by atoms with Crippen LogP contribution < -0.4 is 11.2 Å². The number of nitrogens with two attached hydrogens (primary N) is 1. The molecule has 1 aromatic heterocycles. The first-order chi connectivity index (χ1) is 8.08. The van der Waals surface area contributed by atoms with Crippen molar-refractivity contribution in [3.8, 4) is 0 Å². The van der Waals surface area contributed by atoms with Gasteiger partial charge in [0.05, 0.1) is 11.6 Å².